The quantitative estimate of drug-likeness (QED) is 0.504. The highest BCUT2D eigenvalue weighted by Crippen LogP contribution is 2.55. The molecular weight excluding hydrogens is 457 g/mol. The maximum absolute atomic E-state index is 12.3. The summed E-state index contributed by atoms with van der Waals surface area (Å²) < 4.78 is 52.7. The summed E-state index contributed by atoms with van der Waals surface area (Å²) >= 11 is 6.29. The molecule has 0 spiro atoms. The summed E-state index contributed by atoms with van der Waals surface area (Å²) in [7, 11) is 0. The van der Waals surface area contributed by atoms with Gasteiger partial charge in [0.1, 0.15) is 30.7 Å². The molecule has 7 nitrogen and oxygen atoms in total. The third kappa shape index (κ3) is 3.96. The predicted molar refractivity (Wildman–Crippen MR) is 104 cm³/mol. The van der Waals surface area contributed by atoms with Gasteiger partial charge in [-0.3, -0.25) is 0 Å². The number of benzene rings is 2. The lowest BCUT2D eigenvalue weighted by atomic mass is 9.81. The Labute approximate surface area is 185 Å². The molecule has 3 heterocycles. The Kier molecular flexibility index (Phi) is 5.91. The van der Waals surface area contributed by atoms with Crippen molar-refractivity contribution in [1.29, 1.82) is 0 Å². The van der Waals surface area contributed by atoms with Crippen molar-refractivity contribution >= 4 is 11.6 Å². The normalized spacial score (nSPS) is 31.8. The number of aliphatic hydroxyl groups excluding tert-OH is 4. The van der Waals surface area contributed by atoms with Crippen molar-refractivity contribution in [2.45, 2.75) is 42.5 Å². The number of halogens is 4. The number of fused-ring (bicyclic) bond motifs is 2. The van der Waals surface area contributed by atoms with Gasteiger partial charge in [-0.1, -0.05) is 29.8 Å². The minimum atomic E-state index is -4.43. The molecule has 2 aromatic rings. The monoisotopic (exact) mass is 476 g/mol. The van der Waals surface area contributed by atoms with E-state index in [2.05, 4.69) is 0 Å². The second kappa shape index (κ2) is 8.14. The number of aliphatic hydroxyl groups is 4. The SMILES string of the molecule is OCC12OC(c3ccc(Cl)c(Cc4ccc(OCC(F)(F)F)cc4)c3)(O1)C(O)C(O)C2O. The molecule has 0 saturated carbocycles. The highest BCUT2D eigenvalue weighted by Gasteiger charge is 2.73. The molecule has 2 aromatic carbocycles. The molecule has 3 atom stereocenters. The van der Waals surface area contributed by atoms with Crippen LogP contribution in [0.15, 0.2) is 42.5 Å². The van der Waals surface area contributed by atoms with Crippen LogP contribution in [0.2, 0.25) is 5.02 Å². The molecule has 2 bridgehead atoms. The van der Waals surface area contributed by atoms with Crippen LogP contribution in [0.5, 0.6) is 5.75 Å². The van der Waals surface area contributed by atoms with Crippen LogP contribution >= 0.6 is 11.6 Å². The van der Waals surface area contributed by atoms with Gasteiger partial charge in [0.2, 0.25) is 11.6 Å². The molecule has 3 aliphatic heterocycles. The largest absolute Gasteiger partial charge is 0.484 e. The topological polar surface area (TPSA) is 109 Å². The van der Waals surface area contributed by atoms with E-state index in [4.69, 9.17) is 25.8 Å². The predicted octanol–water partition coefficient (Wildman–Crippen LogP) is 1.86. The van der Waals surface area contributed by atoms with Gasteiger partial charge in [-0.05, 0) is 41.8 Å². The van der Waals surface area contributed by atoms with Crippen LogP contribution in [-0.4, -0.2) is 63.9 Å². The molecule has 5 rings (SSSR count). The average Bonchev–Trinajstić information content (AvgIpc) is 2.72. The van der Waals surface area contributed by atoms with Crippen LogP contribution in [0, 0.1) is 0 Å². The molecule has 3 unspecified atom stereocenters. The first-order valence-corrected chi connectivity index (χ1v) is 10.0. The molecular formula is C21H20ClF3O7. The Morgan fingerprint density at radius 3 is 2.25 bits per heavy atom. The van der Waals surface area contributed by atoms with Gasteiger partial charge < -0.3 is 34.6 Å². The van der Waals surface area contributed by atoms with Crippen molar-refractivity contribution in [1.82, 2.24) is 0 Å². The smallest absolute Gasteiger partial charge is 0.422 e. The van der Waals surface area contributed by atoms with Crippen molar-refractivity contribution in [3.8, 4) is 5.75 Å². The second-order valence-corrected chi connectivity index (χ2v) is 8.16. The van der Waals surface area contributed by atoms with E-state index in [0.29, 0.717) is 16.1 Å². The van der Waals surface area contributed by atoms with Gasteiger partial charge in [-0.2, -0.15) is 13.2 Å². The van der Waals surface area contributed by atoms with Gasteiger partial charge in [-0.15, -0.1) is 0 Å². The number of ether oxygens (including phenoxy) is 3. The van der Waals surface area contributed by atoms with Crippen molar-refractivity contribution in [3.05, 3.63) is 64.2 Å². The summed E-state index contributed by atoms with van der Waals surface area (Å²) in [6.07, 6.45) is -9.04. The van der Waals surface area contributed by atoms with E-state index >= 15 is 0 Å². The Morgan fingerprint density at radius 1 is 1.00 bits per heavy atom. The van der Waals surface area contributed by atoms with Crippen LogP contribution in [0.4, 0.5) is 13.2 Å². The van der Waals surface area contributed by atoms with E-state index in [1.807, 2.05) is 0 Å². The first-order valence-electron chi connectivity index (χ1n) is 9.62. The molecule has 174 valence electrons. The molecule has 0 radical (unpaired) electrons. The molecule has 11 heteroatoms. The zero-order valence-corrected chi connectivity index (χ0v) is 17.2. The Morgan fingerprint density at radius 2 is 1.66 bits per heavy atom. The fraction of sp³-hybridized carbons (Fsp3) is 0.429. The highest BCUT2D eigenvalue weighted by molar-refractivity contribution is 6.31. The average molecular weight is 477 g/mol. The Hall–Kier alpha value is -1.92. The molecule has 0 aromatic heterocycles. The second-order valence-electron chi connectivity index (χ2n) is 7.75. The summed E-state index contributed by atoms with van der Waals surface area (Å²) in [4.78, 5) is 0. The molecule has 32 heavy (non-hydrogen) atoms. The summed E-state index contributed by atoms with van der Waals surface area (Å²) in [5.41, 5.74) is 1.62. The van der Waals surface area contributed by atoms with Gasteiger partial charge in [0.25, 0.3) is 0 Å². The van der Waals surface area contributed by atoms with Gasteiger partial charge in [0, 0.05) is 10.6 Å². The number of alkyl halides is 3. The van der Waals surface area contributed by atoms with Crippen LogP contribution in [0.3, 0.4) is 0 Å². The van der Waals surface area contributed by atoms with Gasteiger partial charge in [0.05, 0.1) is 0 Å². The number of hydrogen-bond acceptors (Lipinski definition) is 7. The van der Waals surface area contributed by atoms with E-state index in [-0.39, 0.29) is 12.2 Å². The number of rotatable bonds is 6. The minimum Gasteiger partial charge on any atom is -0.484 e. The zero-order chi connectivity index (χ0) is 23.3. The molecule has 3 fully saturated rings. The van der Waals surface area contributed by atoms with Gasteiger partial charge in [0.15, 0.2) is 6.61 Å². The van der Waals surface area contributed by atoms with Crippen LogP contribution in [0.1, 0.15) is 16.7 Å². The third-order valence-electron chi connectivity index (χ3n) is 5.52. The lowest BCUT2D eigenvalue weighted by Crippen LogP contribution is -2.81. The maximum atomic E-state index is 12.3. The van der Waals surface area contributed by atoms with Crippen LogP contribution < -0.4 is 4.74 Å². The summed E-state index contributed by atoms with van der Waals surface area (Å²) in [6, 6.07) is 10.7. The van der Waals surface area contributed by atoms with Crippen LogP contribution in [0.25, 0.3) is 0 Å². The van der Waals surface area contributed by atoms with Crippen molar-refractivity contribution in [2.75, 3.05) is 13.2 Å². The van der Waals surface area contributed by atoms with E-state index in [0.717, 1.165) is 5.56 Å². The Balaban J connectivity index is 1.54. The van der Waals surface area contributed by atoms with E-state index in [1.54, 1.807) is 18.2 Å². The minimum absolute atomic E-state index is 0.0688. The lowest BCUT2D eigenvalue weighted by molar-refractivity contribution is -0.591. The highest BCUT2D eigenvalue weighted by atomic mass is 35.5. The van der Waals surface area contributed by atoms with Crippen LogP contribution in [-0.2, 0) is 21.7 Å². The van der Waals surface area contributed by atoms with E-state index < -0.39 is 49.3 Å². The molecule has 0 aliphatic carbocycles. The lowest BCUT2D eigenvalue weighted by Gasteiger charge is -2.63. The fourth-order valence-corrected chi connectivity index (χ4v) is 4.07. The first-order chi connectivity index (χ1) is 15.0. The summed E-state index contributed by atoms with van der Waals surface area (Å²) in [5, 5.41) is 40.6. The number of hydrogen-bond donors (Lipinski definition) is 4. The molecule has 4 N–H and O–H groups in total. The maximum Gasteiger partial charge on any atom is 0.422 e. The van der Waals surface area contributed by atoms with Crippen molar-refractivity contribution in [3.63, 3.8) is 0 Å². The van der Waals surface area contributed by atoms with Gasteiger partial charge in [-0.25, -0.2) is 0 Å². The summed E-state index contributed by atoms with van der Waals surface area (Å²) in [5.74, 6) is -3.57. The van der Waals surface area contributed by atoms with Crippen molar-refractivity contribution in [2.24, 2.45) is 0 Å². The molecule has 3 saturated heterocycles. The van der Waals surface area contributed by atoms with E-state index in [1.165, 1.54) is 24.3 Å². The standard InChI is InChI=1S/C21H20ClF3O7/c22-15-6-3-13(21-18(29)16(27)17(28)19(9-26,31-21)32-21)8-12(15)7-11-1-4-14(5-2-11)30-10-20(23,24)25/h1-6,8,16-18,26-29H,7,9-10H2. The molecule has 0 amide bonds. The first kappa shape index (κ1) is 23.2. The third-order valence-corrected chi connectivity index (χ3v) is 5.89. The van der Waals surface area contributed by atoms with Crippen molar-refractivity contribution < 1.29 is 47.8 Å². The summed E-state index contributed by atoms with van der Waals surface area (Å²) in [6.45, 7) is -2.12. The molecule has 3 aliphatic rings. The zero-order valence-electron chi connectivity index (χ0n) is 16.4. The van der Waals surface area contributed by atoms with E-state index in [9.17, 15) is 33.6 Å². The Bertz CT molecular complexity index is 976. The van der Waals surface area contributed by atoms with Gasteiger partial charge >= 0.3 is 6.18 Å². The fourth-order valence-electron chi connectivity index (χ4n) is 3.88.